The van der Waals surface area contributed by atoms with E-state index in [-0.39, 0.29) is 24.2 Å². The Kier molecular flexibility index (Phi) is 4.15. The molecule has 0 saturated carbocycles. The minimum atomic E-state index is -0.286. The molecule has 1 atom stereocenters. The van der Waals surface area contributed by atoms with Gasteiger partial charge in [0, 0.05) is 6.42 Å². The molecule has 1 aliphatic heterocycles. The van der Waals surface area contributed by atoms with E-state index in [0.717, 1.165) is 11.1 Å². The van der Waals surface area contributed by atoms with Crippen LogP contribution >= 0.6 is 0 Å². The van der Waals surface area contributed by atoms with Crippen LogP contribution in [0.3, 0.4) is 0 Å². The monoisotopic (exact) mass is 309 g/mol. The summed E-state index contributed by atoms with van der Waals surface area (Å²) in [6.07, 6.45) is 0.859. The van der Waals surface area contributed by atoms with Crippen LogP contribution in [-0.2, 0) is 16.0 Å². The van der Waals surface area contributed by atoms with Crippen molar-refractivity contribution in [3.63, 3.8) is 0 Å². The first-order chi connectivity index (χ1) is 11.1. The number of hydrogen-bond donors (Lipinski definition) is 0. The van der Waals surface area contributed by atoms with Crippen molar-refractivity contribution in [2.75, 3.05) is 12.0 Å². The minimum absolute atomic E-state index is 0.123. The molecule has 2 amide bonds. The fraction of sp³-hybridized carbons (Fsp3) is 0.263. The van der Waals surface area contributed by atoms with Crippen LogP contribution < -0.4 is 9.64 Å². The number of rotatable bonds is 4. The maximum atomic E-state index is 12.6. The van der Waals surface area contributed by atoms with Gasteiger partial charge in [-0.15, -0.1) is 0 Å². The molecule has 4 heteroatoms. The predicted molar refractivity (Wildman–Crippen MR) is 88.5 cm³/mol. The van der Waals surface area contributed by atoms with Crippen molar-refractivity contribution in [3.8, 4) is 5.75 Å². The Hall–Kier alpha value is -2.62. The van der Waals surface area contributed by atoms with Crippen LogP contribution in [0.25, 0.3) is 0 Å². The molecule has 1 aliphatic rings. The van der Waals surface area contributed by atoms with E-state index in [2.05, 4.69) is 6.07 Å². The molecule has 2 aromatic rings. The molecule has 1 heterocycles. The summed E-state index contributed by atoms with van der Waals surface area (Å²) >= 11 is 0. The lowest BCUT2D eigenvalue weighted by Crippen LogP contribution is -2.30. The Labute approximate surface area is 135 Å². The highest BCUT2D eigenvalue weighted by Crippen LogP contribution is 2.29. The van der Waals surface area contributed by atoms with E-state index in [1.165, 1.54) is 4.90 Å². The normalized spacial score (nSPS) is 17.7. The summed E-state index contributed by atoms with van der Waals surface area (Å²) in [5, 5.41) is 0. The van der Waals surface area contributed by atoms with Crippen molar-refractivity contribution in [2.45, 2.75) is 19.8 Å². The van der Waals surface area contributed by atoms with Crippen LogP contribution in [0.5, 0.6) is 5.75 Å². The number of methoxy groups -OCH3 is 1. The topological polar surface area (TPSA) is 46.6 Å². The molecule has 3 rings (SSSR count). The SMILES string of the molecule is COc1ccc(N2C(=O)C[C@H](Cc3cccc(C)c3)C2=O)cc1. The molecule has 0 radical (unpaired) electrons. The molecule has 0 aliphatic carbocycles. The number of carbonyl (C=O) groups is 2. The summed E-state index contributed by atoms with van der Waals surface area (Å²) in [7, 11) is 1.58. The average molecular weight is 309 g/mol. The Bertz CT molecular complexity index is 737. The van der Waals surface area contributed by atoms with Crippen LogP contribution in [-0.4, -0.2) is 18.9 Å². The molecule has 0 spiro atoms. The second-order valence-corrected chi connectivity index (χ2v) is 5.86. The fourth-order valence-corrected chi connectivity index (χ4v) is 2.98. The molecule has 4 nitrogen and oxygen atoms in total. The molecule has 2 aromatic carbocycles. The van der Waals surface area contributed by atoms with Crippen LogP contribution in [0, 0.1) is 12.8 Å². The largest absolute Gasteiger partial charge is 0.497 e. The van der Waals surface area contributed by atoms with E-state index < -0.39 is 0 Å². The van der Waals surface area contributed by atoms with E-state index in [9.17, 15) is 9.59 Å². The average Bonchev–Trinajstić information content (AvgIpc) is 2.81. The van der Waals surface area contributed by atoms with Crippen molar-refractivity contribution >= 4 is 17.5 Å². The lowest BCUT2D eigenvalue weighted by atomic mass is 9.97. The van der Waals surface area contributed by atoms with Gasteiger partial charge in [-0.25, -0.2) is 0 Å². The van der Waals surface area contributed by atoms with Gasteiger partial charge in [-0.2, -0.15) is 0 Å². The molecule has 118 valence electrons. The number of ether oxygens (including phenoxy) is 1. The van der Waals surface area contributed by atoms with Crippen LogP contribution in [0.2, 0.25) is 0 Å². The zero-order valence-electron chi connectivity index (χ0n) is 13.3. The van der Waals surface area contributed by atoms with Gasteiger partial charge >= 0.3 is 0 Å². The van der Waals surface area contributed by atoms with Gasteiger partial charge < -0.3 is 4.74 Å². The molecule has 0 bridgehead atoms. The molecule has 0 aromatic heterocycles. The van der Waals surface area contributed by atoms with Crippen LogP contribution in [0.4, 0.5) is 5.69 Å². The van der Waals surface area contributed by atoms with E-state index in [1.807, 2.05) is 25.1 Å². The van der Waals surface area contributed by atoms with E-state index in [1.54, 1.807) is 31.4 Å². The highest BCUT2D eigenvalue weighted by atomic mass is 16.5. The highest BCUT2D eigenvalue weighted by Gasteiger charge is 2.39. The Morgan fingerprint density at radius 1 is 1.13 bits per heavy atom. The second-order valence-electron chi connectivity index (χ2n) is 5.86. The third kappa shape index (κ3) is 3.11. The minimum Gasteiger partial charge on any atom is -0.497 e. The molecule has 0 unspecified atom stereocenters. The van der Waals surface area contributed by atoms with Gasteiger partial charge in [0.05, 0.1) is 18.7 Å². The Balaban J connectivity index is 1.79. The maximum Gasteiger partial charge on any atom is 0.237 e. The molecular weight excluding hydrogens is 290 g/mol. The number of anilines is 1. The molecule has 1 saturated heterocycles. The van der Waals surface area contributed by atoms with Gasteiger partial charge in [-0.1, -0.05) is 29.8 Å². The van der Waals surface area contributed by atoms with Crippen molar-refractivity contribution < 1.29 is 14.3 Å². The molecule has 0 N–H and O–H groups in total. The smallest absolute Gasteiger partial charge is 0.237 e. The van der Waals surface area contributed by atoms with Crippen molar-refractivity contribution in [2.24, 2.45) is 5.92 Å². The Morgan fingerprint density at radius 3 is 2.52 bits per heavy atom. The zero-order valence-corrected chi connectivity index (χ0v) is 13.3. The van der Waals surface area contributed by atoms with Gasteiger partial charge in [0.2, 0.25) is 11.8 Å². The first-order valence-corrected chi connectivity index (χ1v) is 7.65. The summed E-state index contributed by atoms with van der Waals surface area (Å²) in [4.78, 5) is 26.2. The summed E-state index contributed by atoms with van der Waals surface area (Å²) in [5.74, 6) is 0.148. The van der Waals surface area contributed by atoms with E-state index in [0.29, 0.717) is 17.9 Å². The van der Waals surface area contributed by atoms with Gasteiger partial charge in [-0.05, 0) is 43.2 Å². The number of amides is 2. The van der Waals surface area contributed by atoms with Gasteiger partial charge in [-0.3, -0.25) is 14.5 Å². The number of hydrogen-bond acceptors (Lipinski definition) is 3. The van der Waals surface area contributed by atoms with Gasteiger partial charge in [0.15, 0.2) is 0 Å². The predicted octanol–water partition coefficient (Wildman–Crippen LogP) is 3.13. The molecular formula is C19H19NO3. The quantitative estimate of drug-likeness (QED) is 0.815. The zero-order chi connectivity index (χ0) is 16.4. The van der Waals surface area contributed by atoms with Crippen LogP contribution in [0.15, 0.2) is 48.5 Å². The summed E-state index contributed by atoms with van der Waals surface area (Å²) < 4.78 is 5.11. The first-order valence-electron chi connectivity index (χ1n) is 7.65. The lowest BCUT2D eigenvalue weighted by Gasteiger charge is -2.15. The second kappa shape index (κ2) is 6.24. The van der Waals surface area contributed by atoms with Gasteiger partial charge in [0.1, 0.15) is 5.75 Å². The first kappa shape index (κ1) is 15.3. The third-order valence-electron chi connectivity index (χ3n) is 4.14. The van der Waals surface area contributed by atoms with E-state index in [4.69, 9.17) is 4.74 Å². The van der Waals surface area contributed by atoms with Crippen molar-refractivity contribution in [1.29, 1.82) is 0 Å². The highest BCUT2D eigenvalue weighted by molar-refractivity contribution is 6.21. The number of carbonyl (C=O) groups excluding carboxylic acids is 2. The van der Waals surface area contributed by atoms with Crippen molar-refractivity contribution in [1.82, 2.24) is 0 Å². The Morgan fingerprint density at radius 2 is 1.87 bits per heavy atom. The maximum absolute atomic E-state index is 12.6. The van der Waals surface area contributed by atoms with Crippen LogP contribution in [0.1, 0.15) is 17.5 Å². The number of aryl methyl sites for hydroxylation is 1. The summed E-state index contributed by atoms with van der Waals surface area (Å²) in [5.41, 5.74) is 2.85. The molecule has 1 fully saturated rings. The fourth-order valence-electron chi connectivity index (χ4n) is 2.98. The summed E-state index contributed by atoms with van der Waals surface area (Å²) in [6.45, 7) is 2.02. The number of benzene rings is 2. The third-order valence-corrected chi connectivity index (χ3v) is 4.14. The number of nitrogens with zero attached hydrogens (tertiary/aromatic N) is 1. The van der Waals surface area contributed by atoms with Crippen molar-refractivity contribution in [3.05, 3.63) is 59.7 Å². The lowest BCUT2D eigenvalue weighted by molar-refractivity contribution is -0.122. The standard InChI is InChI=1S/C19H19NO3/c1-13-4-3-5-14(10-13)11-15-12-18(21)20(19(15)22)16-6-8-17(23-2)9-7-16/h3-10,15H,11-12H2,1-2H3/t15-/m0/s1. The summed E-state index contributed by atoms with van der Waals surface area (Å²) in [6, 6.07) is 15.1. The molecule has 23 heavy (non-hydrogen) atoms. The van der Waals surface area contributed by atoms with E-state index >= 15 is 0 Å². The van der Waals surface area contributed by atoms with Gasteiger partial charge in [0.25, 0.3) is 0 Å². The number of imide groups is 1.